The highest BCUT2D eigenvalue weighted by Gasteiger charge is 2.22. The van der Waals surface area contributed by atoms with Gasteiger partial charge in [0.2, 0.25) is 5.91 Å². The number of aromatic nitrogens is 3. The first-order valence-electron chi connectivity index (χ1n) is 7.79. The summed E-state index contributed by atoms with van der Waals surface area (Å²) in [7, 11) is 0. The lowest BCUT2D eigenvalue weighted by molar-refractivity contribution is -0.123. The number of carbonyl (C=O) groups is 1. The van der Waals surface area contributed by atoms with E-state index in [9.17, 15) is 4.79 Å². The molecule has 5 nitrogen and oxygen atoms in total. The van der Waals surface area contributed by atoms with Crippen LogP contribution in [-0.2, 0) is 4.79 Å². The Kier molecular flexibility index (Phi) is 4.47. The summed E-state index contributed by atoms with van der Waals surface area (Å²) >= 11 is 12.3. The number of hydrogen-bond acceptors (Lipinski definition) is 3. The van der Waals surface area contributed by atoms with Crippen LogP contribution in [0.1, 0.15) is 26.3 Å². The van der Waals surface area contributed by atoms with Crippen molar-refractivity contribution in [1.29, 1.82) is 0 Å². The third-order valence-electron chi connectivity index (χ3n) is 3.81. The van der Waals surface area contributed by atoms with E-state index in [2.05, 4.69) is 15.4 Å². The van der Waals surface area contributed by atoms with Crippen LogP contribution in [0.2, 0.25) is 10.2 Å². The topological polar surface area (TPSA) is 59.3 Å². The van der Waals surface area contributed by atoms with Gasteiger partial charge in [-0.25, -0.2) is 9.50 Å². The van der Waals surface area contributed by atoms with Crippen LogP contribution in [-0.4, -0.2) is 20.5 Å². The lowest BCUT2D eigenvalue weighted by Crippen LogP contribution is -2.27. The maximum atomic E-state index is 12.3. The number of amides is 1. The SMILES string of the molecule is Cc1cc(Cl)c(-c2cn3nc(Cl)ccc3n2)cc1NC(=O)C(C)(C)C. The van der Waals surface area contributed by atoms with Crippen molar-refractivity contribution in [3.05, 3.63) is 46.2 Å². The number of nitrogens with one attached hydrogen (secondary N) is 1. The van der Waals surface area contributed by atoms with E-state index in [-0.39, 0.29) is 5.91 Å². The van der Waals surface area contributed by atoms with E-state index >= 15 is 0 Å². The van der Waals surface area contributed by atoms with Crippen LogP contribution in [0.25, 0.3) is 16.9 Å². The molecule has 7 heteroatoms. The number of imidazole rings is 1. The Morgan fingerprint density at radius 3 is 2.60 bits per heavy atom. The van der Waals surface area contributed by atoms with Crippen LogP contribution in [0.5, 0.6) is 0 Å². The maximum absolute atomic E-state index is 12.3. The van der Waals surface area contributed by atoms with Gasteiger partial charge in [0.05, 0.1) is 16.9 Å². The Morgan fingerprint density at radius 1 is 1.20 bits per heavy atom. The van der Waals surface area contributed by atoms with E-state index in [0.29, 0.717) is 27.2 Å². The Bertz CT molecular complexity index is 973. The summed E-state index contributed by atoms with van der Waals surface area (Å²) in [6.45, 7) is 7.50. The Hall–Kier alpha value is -2.11. The summed E-state index contributed by atoms with van der Waals surface area (Å²) in [5.41, 5.74) is 3.15. The highest BCUT2D eigenvalue weighted by atomic mass is 35.5. The fourth-order valence-electron chi connectivity index (χ4n) is 2.30. The molecule has 0 spiro atoms. The molecule has 25 heavy (non-hydrogen) atoms. The van der Waals surface area contributed by atoms with Gasteiger partial charge >= 0.3 is 0 Å². The maximum Gasteiger partial charge on any atom is 0.229 e. The Morgan fingerprint density at radius 2 is 1.92 bits per heavy atom. The van der Waals surface area contributed by atoms with E-state index in [1.165, 1.54) is 0 Å². The van der Waals surface area contributed by atoms with E-state index in [1.807, 2.05) is 39.8 Å². The van der Waals surface area contributed by atoms with Gasteiger partial charge in [0.25, 0.3) is 0 Å². The second-order valence-electron chi connectivity index (χ2n) is 6.94. The molecule has 0 radical (unpaired) electrons. The van der Waals surface area contributed by atoms with Gasteiger partial charge in [0.1, 0.15) is 5.15 Å². The van der Waals surface area contributed by atoms with Crippen LogP contribution in [0.3, 0.4) is 0 Å². The average Bonchev–Trinajstić information content (AvgIpc) is 2.91. The fourth-order valence-corrected chi connectivity index (χ4v) is 2.76. The summed E-state index contributed by atoms with van der Waals surface area (Å²) in [6, 6.07) is 7.12. The van der Waals surface area contributed by atoms with E-state index in [1.54, 1.807) is 22.8 Å². The first kappa shape index (κ1) is 17.7. The van der Waals surface area contributed by atoms with Gasteiger partial charge in [-0.15, -0.1) is 0 Å². The molecule has 0 aliphatic carbocycles. The van der Waals surface area contributed by atoms with Gasteiger partial charge < -0.3 is 5.32 Å². The molecule has 0 saturated carbocycles. The van der Waals surface area contributed by atoms with Gasteiger partial charge in [0.15, 0.2) is 5.65 Å². The van der Waals surface area contributed by atoms with Gasteiger partial charge in [0, 0.05) is 16.7 Å². The predicted octanol–water partition coefficient (Wildman–Crippen LogP) is 5.00. The zero-order valence-corrected chi connectivity index (χ0v) is 15.9. The molecular weight excluding hydrogens is 359 g/mol. The summed E-state index contributed by atoms with van der Waals surface area (Å²) in [4.78, 5) is 16.8. The summed E-state index contributed by atoms with van der Waals surface area (Å²) < 4.78 is 1.60. The van der Waals surface area contributed by atoms with Gasteiger partial charge in [-0.05, 0) is 36.8 Å². The van der Waals surface area contributed by atoms with Crippen LogP contribution in [0, 0.1) is 12.3 Å². The molecule has 1 aromatic carbocycles. The molecule has 0 aliphatic heterocycles. The second-order valence-corrected chi connectivity index (χ2v) is 7.73. The lowest BCUT2D eigenvalue weighted by Gasteiger charge is -2.19. The molecule has 130 valence electrons. The number of carbonyl (C=O) groups excluding carboxylic acids is 1. The number of rotatable bonds is 2. The number of anilines is 1. The summed E-state index contributed by atoms with van der Waals surface area (Å²) in [5.74, 6) is -0.0627. The standard InChI is InChI=1S/C18H18Cl2N4O/c1-10-7-12(19)11(8-13(10)22-17(25)18(2,3)4)14-9-24-16(21-14)6-5-15(20)23-24/h5-9H,1-4H3,(H,22,25). The number of nitrogens with zero attached hydrogens (tertiary/aromatic N) is 3. The van der Waals surface area contributed by atoms with Crippen LogP contribution in [0.15, 0.2) is 30.5 Å². The molecule has 3 rings (SSSR count). The van der Waals surface area contributed by atoms with Crippen molar-refractivity contribution in [2.75, 3.05) is 5.32 Å². The van der Waals surface area contributed by atoms with Crippen molar-refractivity contribution in [1.82, 2.24) is 14.6 Å². The van der Waals surface area contributed by atoms with Crippen molar-refractivity contribution in [2.45, 2.75) is 27.7 Å². The summed E-state index contributed by atoms with van der Waals surface area (Å²) in [5, 5.41) is 8.08. The summed E-state index contributed by atoms with van der Waals surface area (Å²) in [6.07, 6.45) is 1.76. The molecule has 2 heterocycles. The van der Waals surface area contributed by atoms with Crippen molar-refractivity contribution >= 4 is 40.4 Å². The Balaban J connectivity index is 2.06. The molecule has 0 fully saturated rings. The number of halogens is 2. The third kappa shape index (κ3) is 3.62. The fraction of sp³-hybridized carbons (Fsp3) is 0.278. The number of fused-ring (bicyclic) bond motifs is 1. The van der Waals surface area contributed by atoms with Gasteiger partial charge in [-0.2, -0.15) is 5.10 Å². The average molecular weight is 377 g/mol. The number of hydrogen-bond donors (Lipinski definition) is 1. The second kappa shape index (κ2) is 6.32. The quantitative estimate of drug-likeness (QED) is 0.684. The minimum Gasteiger partial charge on any atom is -0.325 e. The largest absolute Gasteiger partial charge is 0.325 e. The molecule has 2 aromatic heterocycles. The first-order valence-corrected chi connectivity index (χ1v) is 8.54. The monoisotopic (exact) mass is 376 g/mol. The van der Waals surface area contributed by atoms with Crippen molar-refractivity contribution < 1.29 is 4.79 Å². The number of benzene rings is 1. The molecule has 3 aromatic rings. The minimum absolute atomic E-state index is 0.0627. The third-order valence-corrected chi connectivity index (χ3v) is 4.32. The van der Waals surface area contributed by atoms with E-state index in [0.717, 1.165) is 11.1 Å². The molecule has 0 atom stereocenters. The highest BCUT2D eigenvalue weighted by Crippen LogP contribution is 2.33. The Labute approximate surface area is 156 Å². The van der Waals surface area contributed by atoms with Gasteiger partial charge in [-0.1, -0.05) is 44.0 Å². The highest BCUT2D eigenvalue weighted by molar-refractivity contribution is 6.33. The predicted molar refractivity (Wildman–Crippen MR) is 101 cm³/mol. The van der Waals surface area contributed by atoms with Gasteiger partial charge in [-0.3, -0.25) is 4.79 Å². The normalized spacial score (nSPS) is 11.8. The van der Waals surface area contributed by atoms with E-state index < -0.39 is 5.41 Å². The van der Waals surface area contributed by atoms with Crippen LogP contribution < -0.4 is 5.32 Å². The molecule has 1 amide bonds. The molecular formula is C18H18Cl2N4O. The van der Waals surface area contributed by atoms with Crippen molar-refractivity contribution in [3.63, 3.8) is 0 Å². The zero-order chi connectivity index (χ0) is 18.4. The van der Waals surface area contributed by atoms with E-state index in [4.69, 9.17) is 23.2 Å². The molecule has 0 unspecified atom stereocenters. The lowest BCUT2D eigenvalue weighted by atomic mass is 9.95. The molecule has 0 aliphatic rings. The smallest absolute Gasteiger partial charge is 0.229 e. The van der Waals surface area contributed by atoms with Crippen molar-refractivity contribution in [3.8, 4) is 11.3 Å². The number of aryl methyl sites for hydroxylation is 1. The first-order chi connectivity index (χ1) is 11.6. The zero-order valence-electron chi connectivity index (χ0n) is 14.4. The molecule has 1 N–H and O–H groups in total. The van der Waals surface area contributed by atoms with Crippen LogP contribution >= 0.6 is 23.2 Å². The minimum atomic E-state index is -0.490. The molecule has 0 saturated heterocycles. The van der Waals surface area contributed by atoms with Crippen LogP contribution in [0.4, 0.5) is 5.69 Å². The molecule has 0 bridgehead atoms. The van der Waals surface area contributed by atoms with Crippen molar-refractivity contribution in [2.24, 2.45) is 5.41 Å².